The topological polar surface area (TPSA) is 58.1 Å². The Bertz CT molecular complexity index is 673. The Morgan fingerprint density at radius 3 is 2.65 bits per heavy atom. The lowest BCUT2D eigenvalue weighted by atomic mass is 10.2. The maximum atomic E-state index is 12.3. The van der Waals surface area contributed by atoms with E-state index in [9.17, 15) is 4.79 Å². The zero-order valence-electron chi connectivity index (χ0n) is 13.6. The van der Waals surface area contributed by atoms with Crippen LogP contribution in [0.4, 0.5) is 11.5 Å². The molecular formula is C17H21BrN4O. The summed E-state index contributed by atoms with van der Waals surface area (Å²) in [7, 11) is 1.98. The first-order valence-corrected chi connectivity index (χ1v) is 8.43. The smallest absolute Gasteiger partial charge is 0.276 e. The number of rotatable bonds is 6. The van der Waals surface area contributed by atoms with E-state index in [0.29, 0.717) is 5.69 Å². The van der Waals surface area contributed by atoms with Crippen LogP contribution in [0.25, 0.3) is 0 Å². The van der Waals surface area contributed by atoms with Crippen LogP contribution in [-0.4, -0.2) is 29.7 Å². The quantitative estimate of drug-likeness (QED) is 0.826. The van der Waals surface area contributed by atoms with Gasteiger partial charge >= 0.3 is 0 Å². The van der Waals surface area contributed by atoms with Crippen LogP contribution in [0.3, 0.4) is 0 Å². The Morgan fingerprint density at radius 2 is 2.04 bits per heavy atom. The molecule has 2 aromatic rings. The van der Waals surface area contributed by atoms with Gasteiger partial charge in [0.2, 0.25) is 0 Å². The Labute approximate surface area is 145 Å². The SMILES string of the molecule is CCCCN(C)c1ccc(C(=O)Nc2ccc(Br)cc2C)nn1. The Morgan fingerprint density at radius 1 is 1.26 bits per heavy atom. The van der Waals surface area contributed by atoms with Crippen molar-refractivity contribution in [3.63, 3.8) is 0 Å². The van der Waals surface area contributed by atoms with Crippen molar-refractivity contribution in [2.75, 3.05) is 23.8 Å². The highest BCUT2D eigenvalue weighted by atomic mass is 79.9. The summed E-state index contributed by atoms with van der Waals surface area (Å²) in [5.74, 6) is 0.514. The minimum Gasteiger partial charge on any atom is -0.358 e. The number of benzene rings is 1. The first kappa shape index (κ1) is 17.4. The average Bonchev–Trinajstić information content (AvgIpc) is 2.55. The van der Waals surface area contributed by atoms with E-state index in [0.717, 1.165) is 40.9 Å². The highest BCUT2D eigenvalue weighted by molar-refractivity contribution is 9.10. The fourth-order valence-corrected chi connectivity index (χ4v) is 2.59. The van der Waals surface area contributed by atoms with Gasteiger partial charge < -0.3 is 10.2 Å². The summed E-state index contributed by atoms with van der Waals surface area (Å²) in [5.41, 5.74) is 2.06. The zero-order valence-corrected chi connectivity index (χ0v) is 15.2. The fraction of sp³-hybridized carbons (Fsp3) is 0.353. The maximum absolute atomic E-state index is 12.3. The molecule has 0 saturated heterocycles. The summed E-state index contributed by atoms with van der Waals surface area (Å²) < 4.78 is 0.979. The van der Waals surface area contributed by atoms with Crippen molar-refractivity contribution < 1.29 is 4.79 Å². The van der Waals surface area contributed by atoms with Crippen molar-refractivity contribution in [3.8, 4) is 0 Å². The van der Waals surface area contributed by atoms with Crippen LogP contribution in [0.1, 0.15) is 35.8 Å². The van der Waals surface area contributed by atoms with Crippen molar-refractivity contribution in [1.82, 2.24) is 10.2 Å². The van der Waals surface area contributed by atoms with Gasteiger partial charge in [0.05, 0.1) is 0 Å². The van der Waals surface area contributed by atoms with E-state index < -0.39 is 0 Å². The first-order valence-electron chi connectivity index (χ1n) is 7.63. The van der Waals surface area contributed by atoms with Crippen LogP contribution < -0.4 is 10.2 Å². The van der Waals surface area contributed by atoms with Crippen molar-refractivity contribution in [2.24, 2.45) is 0 Å². The molecule has 5 nitrogen and oxygen atoms in total. The van der Waals surface area contributed by atoms with Crippen molar-refractivity contribution in [1.29, 1.82) is 0 Å². The molecule has 1 N–H and O–H groups in total. The highest BCUT2D eigenvalue weighted by Gasteiger charge is 2.11. The van der Waals surface area contributed by atoms with Gasteiger partial charge in [-0.25, -0.2) is 0 Å². The Balaban J connectivity index is 2.05. The second-order valence-electron chi connectivity index (χ2n) is 5.47. The summed E-state index contributed by atoms with van der Waals surface area (Å²) in [4.78, 5) is 14.3. The van der Waals surface area contributed by atoms with Gasteiger partial charge in [0.1, 0.15) is 0 Å². The summed E-state index contributed by atoms with van der Waals surface area (Å²) in [6, 6.07) is 9.23. The number of halogens is 1. The summed E-state index contributed by atoms with van der Waals surface area (Å²) >= 11 is 3.41. The molecule has 6 heteroatoms. The molecular weight excluding hydrogens is 356 g/mol. The van der Waals surface area contributed by atoms with Crippen molar-refractivity contribution in [3.05, 3.63) is 46.1 Å². The third kappa shape index (κ3) is 4.76. The van der Waals surface area contributed by atoms with E-state index >= 15 is 0 Å². The lowest BCUT2D eigenvalue weighted by Crippen LogP contribution is -2.21. The van der Waals surface area contributed by atoms with Crippen molar-refractivity contribution >= 4 is 33.3 Å². The van der Waals surface area contributed by atoms with E-state index in [1.54, 1.807) is 6.07 Å². The largest absolute Gasteiger partial charge is 0.358 e. The molecule has 0 aliphatic heterocycles. The lowest BCUT2D eigenvalue weighted by Gasteiger charge is -2.16. The average molecular weight is 377 g/mol. The van der Waals surface area contributed by atoms with Crippen molar-refractivity contribution in [2.45, 2.75) is 26.7 Å². The van der Waals surface area contributed by atoms with E-state index in [2.05, 4.69) is 38.4 Å². The first-order chi connectivity index (χ1) is 11.0. The minimum absolute atomic E-state index is 0.259. The monoisotopic (exact) mass is 376 g/mol. The van der Waals surface area contributed by atoms with Gasteiger partial charge in [-0.3, -0.25) is 4.79 Å². The van der Waals surface area contributed by atoms with Gasteiger partial charge in [-0.05, 0) is 49.2 Å². The van der Waals surface area contributed by atoms with Gasteiger partial charge in [0.15, 0.2) is 11.5 Å². The van der Waals surface area contributed by atoms with E-state index in [-0.39, 0.29) is 5.91 Å². The normalized spacial score (nSPS) is 10.4. The molecule has 23 heavy (non-hydrogen) atoms. The molecule has 0 saturated carbocycles. The second kappa shape index (κ2) is 8.06. The molecule has 0 spiro atoms. The van der Waals surface area contributed by atoms with E-state index in [1.807, 2.05) is 43.1 Å². The summed E-state index contributed by atoms with van der Waals surface area (Å²) in [6.07, 6.45) is 2.23. The van der Waals surface area contributed by atoms with E-state index in [1.165, 1.54) is 0 Å². The summed E-state index contributed by atoms with van der Waals surface area (Å²) in [5, 5.41) is 11.0. The lowest BCUT2D eigenvalue weighted by molar-refractivity contribution is 0.102. The number of amides is 1. The maximum Gasteiger partial charge on any atom is 0.276 e. The molecule has 0 atom stereocenters. The molecule has 0 radical (unpaired) electrons. The van der Waals surface area contributed by atoms with Crippen LogP contribution in [0.15, 0.2) is 34.8 Å². The second-order valence-corrected chi connectivity index (χ2v) is 6.38. The van der Waals surface area contributed by atoms with Gasteiger partial charge in [-0.1, -0.05) is 29.3 Å². The van der Waals surface area contributed by atoms with Crippen LogP contribution in [-0.2, 0) is 0 Å². The van der Waals surface area contributed by atoms with E-state index in [4.69, 9.17) is 0 Å². The molecule has 0 aliphatic rings. The van der Waals surface area contributed by atoms with Gasteiger partial charge in [0, 0.05) is 23.8 Å². The van der Waals surface area contributed by atoms with Gasteiger partial charge in [-0.2, -0.15) is 0 Å². The number of hydrogen-bond acceptors (Lipinski definition) is 4. The molecule has 0 fully saturated rings. The number of nitrogens with one attached hydrogen (secondary N) is 1. The highest BCUT2D eigenvalue weighted by Crippen LogP contribution is 2.20. The van der Waals surface area contributed by atoms with Crippen LogP contribution in [0, 0.1) is 6.92 Å². The molecule has 1 aromatic carbocycles. The number of unbranched alkanes of at least 4 members (excludes halogenated alkanes) is 1. The fourth-order valence-electron chi connectivity index (χ4n) is 2.11. The van der Waals surface area contributed by atoms with Crippen LogP contribution in [0.5, 0.6) is 0 Å². The van der Waals surface area contributed by atoms with Gasteiger partial charge in [-0.15, -0.1) is 10.2 Å². The third-order valence-electron chi connectivity index (χ3n) is 3.56. The molecule has 1 aromatic heterocycles. The molecule has 0 bridgehead atoms. The molecule has 0 aliphatic carbocycles. The molecule has 1 amide bonds. The Kier molecular flexibility index (Phi) is 6.10. The number of aromatic nitrogens is 2. The number of carbonyl (C=O) groups is 1. The summed E-state index contributed by atoms with van der Waals surface area (Å²) in [6.45, 7) is 5.02. The third-order valence-corrected chi connectivity index (χ3v) is 4.05. The standard InChI is InChI=1S/C17H21BrN4O/c1-4-5-10-22(3)16-9-8-15(20-21-16)17(23)19-14-7-6-13(18)11-12(14)2/h6-9,11H,4-5,10H2,1-3H3,(H,19,23). The number of nitrogens with zero attached hydrogens (tertiary/aromatic N) is 3. The van der Waals surface area contributed by atoms with Crippen LogP contribution in [0.2, 0.25) is 0 Å². The molecule has 122 valence electrons. The van der Waals surface area contributed by atoms with Crippen LogP contribution >= 0.6 is 15.9 Å². The number of aryl methyl sites for hydroxylation is 1. The zero-order chi connectivity index (χ0) is 16.8. The Hall–Kier alpha value is -1.95. The number of carbonyl (C=O) groups excluding carboxylic acids is 1. The molecule has 0 unspecified atom stereocenters. The number of anilines is 2. The molecule has 2 rings (SSSR count). The van der Waals surface area contributed by atoms with Gasteiger partial charge in [0.25, 0.3) is 5.91 Å². The number of hydrogen-bond donors (Lipinski definition) is 1. The predicted molar refractivity (Wildman–Crippen MR) is 97.0 cm³/mol. The minimum atomic E-state index is -0.259. The molecule has 1 heterocycles. The predicted octanol–water partition coefficient (Wildman–Crippen LogP) is 4.04.